The second-order valence-electron chi connectivity index (χ2n) is 5.82. The lowest BCUT2D eigenvalue weighted by atomic mass is 10.2. The Labute approximate surface area is 134 Å². The van der Waals surface area contributed by atoms with Gasteiger partial charge in [-0.1, -0.05) is 35.5 Å². The Morgan fingerprint density at radius 1 is 1.26 bits per heavy atom. The molecule has 0 spiro atoms. The van der Waals surface area contributed by atoms with Gasteiger partial charge in [-0.15, -0.1) is 0 Å². The van der Waals surface area contributed by atoms with E-state index in [-0.39, 0.29) is 24.6 Å². The lowest BCUT2D eigenvalue weighted by Crippen LogP contribution is -2.33. The van der Waals surface area contributed by atoms with E-state index in [4.69, 9.17) is 10.3 Å². The number of carbonyl (C=O) groups excluding carboxylic acids is 2. The number of aromatic nitrogens is 1. The van der Waals surface area contributed by atoms with Crippen molar-refractivity contribution < 1.29 is 14.1 Å². The molecule has 2 N–H and O–H groups in total. The first-order valence-corrected chi connectivity index (χ1v) is 7.71. The minimum atomic E-state index is -0.435. The molecule has 1 fully saturated rings. The molecule has 0 saturated heterocycles. The molecular formula is C17H19N3O3. The third kappa shape index (κ3) is 3.97. The van der Waals surface area contributed by atoms with Crippen LogP contribution in [0.2, 0.25) is 0 Å². The second-order valence-corrected chi connectivity index (χ2v) is 5.82. The van der Waals surface area contributed by atoms with Crippen LogP contribution in [0.15, 0.2) is 40.9 Å². The summed E-state index contributed by atoms with van der Waals surface area (Å²) in [6, 6.07) is 11.3. The summed E-state index contributed by atoms with van der Waals surface area (Å²) in [6.45, 7) is 0.660. The number of primary amides is 1. The number of rotatable bonds is 7. The summed E-state index contributed by atoms with van der Waals surface area (Å²) in [5.74, 6) is 0.487. The molecule has 1 aliphatic rings. The van der Waals surface area contributed by atoms with E-state index < -0.39 is 5.91 Å². The van der Waals surface area contributed by atoms with Crippen LogP contribution < -0.4 is 5.73 Å². The van der Waals surface area contributed by atoms with Crippen LogP contribution in [0.25, 0.3) is 0 Å². The first-order valence-electron chi connectivity index (χ1n) is 7.71. The Kier molecular flexibility index (Phi) is 4.41. The average molecular weight is 313 g/mol. The van der Waals surface area contributed by atoms with Crippen LogP contribution in [-0.4, -0.2) is 28.4 Å². The van der Waals surface area contributed by atoms with Crippen molar-refractivity contribution in [3.8, 4) is 0 Å². The molecule has 0 bridgehead atoms. The molecule has 1 aliphatic carbocycles. The maximum atomic E-state index is 12.7. The van der Waals surface area contributed by atoms with E-state index in [2.05, 4.69) is 5.16 Å². The van der Waals surface area contributed by atoms with Gasteiger partial charge in [-0.05, 0) is 18.4 Å². The molecule has 0 unspecified atom stereocenters. The molecule has 1 aromatic carbocycles. The number of carbonyl (C=O) groups is 2. The third-order valence-corrected chi connectivity index (χ3v) is 3.86. The predicted octanol–water partition coefficient (Wildman–Crippen LogP) is 2.07. The highest BCUT2D eigenvalue weighted by molar-refractivity contribution is 5.92. The van der Waals surface area contributed by atoms with E-state index in [1.165, 1.54) is 0 Å². The van der Waals surface area contributed by atoms with E-state index in [1.807, 2.05) is 30.3 Å². The highest BCUT2D eigenvalue weighted by Gasteiger charge is 2.30. The van der Waals surface area contributed by atoms with E-state index >= 15 is 0 Å². The Hall–Kier alpha value is -2.63. The number of hydrogen-bond acceptors (Lipinski definition) is 4. The summed E-state index contributed by atoms with van der Waals surface area (Å²) < 4.78 is 5.25. The van der Waals surface area contributed by atoms with Gasteiger partial charge in [-0.2, -0.15) is 0 Å². The van der Waals surface area contributed by atoms with Crippen molar-refractivity contribution in [2.75, 3.05) is 6.54 Å². The Bertz CT molecular complexity index is 692. The van der Waals surface area contributed by atoms with E-state index in [0.717, 1.165) is 24.2 Å². The van der Waals surface area contributed by atoms with Crippen LogP contribution in [-0.2, 0) is 11.3 Å². The summed E-state index contributed by atoms with van der Waals surface area (Å²) in [7, 11) is 0. The Morgan fingerprint density at radius 2 is 2.00 bits per heavy atom. The number of amides is 2. The van der Waals surface area contributed by atoms with Crippen LogP contribution in [0.5, 0.6) is 0 Å². The molecule has 120 valence electrons. The molecule has 2 aromatic rings. The number of hydrogen-bond donors (Lipinski definition) is 1. The van der Waals surface area contributed by atoms with Crippen molar-refractivity contribution in [2.45, 2.75) is 31.7 Å². The monoisotopic (exact) mass is 313 g/mol. The van der Waals surface area contributed by atoms with Crippen molar-refractivity contribution in [2.24, 2.45) is 5.73 Å². The molecule has 6 nitrogen and oxygen atoms in total. The zero-order chi connectivity index (χ0) is 16.2. The molecule has 3 rings (SSSR count). The van der Waals surface area contributed by atoms with Gasteiger partial charge in [0.15, 0.2) is 5.69 Å². The highest BCUT2D eigenvalue weighted by atomic mass is 16.5. The number of nitrogens with two attached hydrogens (primary N) is 1. The lowest BCUT2D eigenvalue weighted by Gasteiger charge is -2.21. The molecule has 0 aliphatic heterocycles. The van der Waals surface area contributed by atoms with Gasteiger partial charge in [0.1, 0.15) is 5.76 Å². The fraction of sp³-hybridized carbons (Fsp3) is 0.353. The fourth-order valence-corrected chi connectivity index (χ4v) is 2.41. The molecule has 23 heavy (non-hydrogen) atoms. The number of benzene rings is 1. The van der Waals surface area contributed by atoms with Gasteiger partial charge in [0.25, 0.3) is 5.91 Å². The van der Waals surface area contributed by atoms with E-state index in [1.54, 1.807) is 11.0 Å². The lowest BCUT2D eigenvalue weighted by molar-refractivity contribution is -0.118. The molecule has 1 heterocycles. The van der Waals surface area contributed by atoms with Crippen molar-refractivity contribution in [3.05, 3.63) is 53.4 Å². The first-order chi connectivity index (χ1) is 11.1. The van der Waals surface area contributed by atoms with Crippen LogP contribution >= 0.6 is 0 Å². The molecule has 0 atom stereocenters. The van der Waals surface area contributed by atoms with Crippen molar-refractivity contribution >= 4 is 11.8 Å². The quantitative estimate of drug-likeness (QED) is 0.847. The maximum absolute atomic E-state index is 12.7. The predicted molar refractivity (Wildman–Crippen MR) is 83.5 cm³/mol. The SMILES string of the molecule is NC(=O)CCN(Cc1ccccc1)C(=O)c1cc(C2CC2)on1. The van der Waals surface area contributed by atoms with Gasteiger partial charge in [0.05, 0.1) is 0 Å². The molecule has 0 radical (unpaired) electrons. The van der Waals surface area contributed by atoms with Crippen LogP contribution in [0.3, 0.4) is 0 Å². The average Bonchev–Trinajstić information content (AvgIpc) is 3.29. The normalized spacial score (nSPS) is 13.7. The van der Waals surface area contributed by atoms with Crippen LogP contribution in [0.4, 0.5) is 0 Å². The summed E-state index contributed by atoms with van der Waals surface area (Å²) in [4.78, 5) is 25.3. The summed E-state index contributed by atoms with van der Waals surface area (Å²) in [5, 5.41) is 3.88. The van der Waals surface area contributed by atoms with Crippen LogP contribution in [0, 0.1) is 0 Å². The van der Waals surface area contributed by atoms with Gasteiger partial charge >= 0.3 is 0 Å². The van der Waals surface area contributed by atoms with Gasteiger partial charge in [0.2, 0.25) is 5.91 Å². The smallest absolute Gasteiger partial charge is 0.276 e. The van der Waals surface area contributed by atoms with E-state index in [0.29, 0.717) is 12.5 Å². The van der Waals surface area contributed by atoms with Crippen molar-refractivity contribution in [1.29, 1.82) is 0 Å². The molecule has 6 heteroatoms. The molecular weight excluding hydrogens is 294 g/mol. The van der Waals surface area contributed by atoms with Crippen molar-refractivity contribution in [3.63, 3.8) is 0 Å². The fourth-order valence-electron chi connectivity index (χ4n) is 2.41. The van der Waals surface area contributed by atoms with Gasteiger partial charge in [-0.25, -0.2) is 0 Å². The van der Waals surface area contributed by atoms with Crippen LogP contribution in [0.1, 0.15) is 47.0 Å². The van der Waals surface area contributed by atoms with Crippen molar-refractivity contribution in [1.82, 2.24) is 10.1 Å². The summed E-state index contributed by atoms with van der Waals surface area (Å²) in [6.07, 6.45) is 2.28. The highest BCUT2D eigenvalue weighted by Crippen LogP contribution is 2.40. The molecule has 1 aromatic heterocycles. The summed E-state index contributed by atoms with van der Waals surface area (Å²) in [5.41, 5.74) is 6.48. The molecule has 1 saturated carbocycles. The third-order valence-electron chi connectivity index (χ3n) is 3.86. The van der Waals surface area contributed by atoms with Gasteiger partial charge in [-0.3, -0.25) is 9.59 Å². The maximum Gasteiger partial charge on any atom is 0.276 e. The minimum Gasteiger partial charge on any atom is -0.370 e. The Morgan fingerprint density at radius 3 is 2.65 bits per heavy atom. The summed E-state index contributed by atoms with van der Waals surface area (Å²) >= 11 is 0. The second kappa shape index (κ2) is 6.64. The largest absolute Gasteiger partial charge is 0.370 e. The van der Waals surface area contributed by atoms with Gasteiger partial charge < -0.3 is 15.2 Å². The zero-order valence-electron chi connectivity index (χ0n) is 12.8. The Balaban J connectivity index is 1.74. The standard InChI is InChI=1S/C17H19N3O3/c18-16(21)8-9-20(11-12-4-2-1-3-5-12)17(22)14-10-15(23-19-14)13-6-7-13/h1-5,10,13H,6-9,11H2,(H2,18,21). The van der Waals surface area contributed by atoms with Gasteiger partial charge in [0, 0.05) is 31.5 Å². The molecule has 2 amide bonds. The first kappa shape index (κ1) is 15.3. The minimum absolute atomic E-state index is 0.117. The zero-order valence-corrected chi connectivity index (χ0v) is 12.8. The van der Waals surface area contributed by atoms with E-state index in [9.17, 15) is 9.59 Å². The topological polar surface area (TPSA) is 89.4 Å². The number of nitrogens with zero attached hydrogens (tertiary/aromatic N) is 2.